The number of methoxy groups -OCH3 is 2. The molecule has 1 fully saturated rings. The molecule has 2 N–H and O–H groups in total. The molecule has 34 heavy (non-hydrogen) atoms. The van der Waals surface area contributed by atoms with E-state index in [2.05, 4.69) is 54.7 Å². The van der Waals surface area contributed by atoms with Crippen LogP contribution in [0.5, 0.6) is 11.5 Å². The van der Waals surface area contributed by atoms with Gasteiger partial charge in [0, 0.05) is 45.3 Å². The van der Waals surface area contributed by atoms with Crippen molar-refractivity contribution in [3.63, 3.8) is 0 Å². The molecule has 0 atom stereocenters. The molecule has 9 heteroatoms. The van der Waals surface area contributed by atoms with Crippen LogP contribution in [0.2, 0.25) is 0 Å². The van der Waals surface area contributed by atoms with Crippen LogP contribution in [0, 0.1) is 0 Å². The SMILES string of the molecule is COc1ccc(CNC(=O)Nc2cc(N3CCN(Cc4ccccc4)CC3)ncn2)cc1OC. The van der Waals surface area contributed by atoms with Crippen molar-refractivity contribution in [2.24, 2.45) is 0 Å². The summed E-state index contributed by atoms with van der Waals surface area (Å²) in [5, 5.41) is 5.63. The molecule has 0 unspecified atom stereocenters. The van der Waals surface area contributed by atoms with Gasteiger partial charge in [0.25, 0.3) is 0 Å². The highest BCUT2D eigenvalue weighted by Gasteiger charge is 2.19. The van der Waals surface area contributed by atoms with Gasteiger partial charge in [-0.3, -0.25) is 10.2 Å². The zero-order chi connectivity index (χ0) is 23.8. The Morgan fingerprint density at radius 2 is 1.68 bits per heavy atom. The first-order valence-corrected chi connectivity index (χ1v) is 11.2. The summed E-state index contributed by atoms with van der Waals surface area (Å²) in [6.07, 6.45) is 1.48. The van der Waals surface area contributed by atoms with Crippen LogP contribution in [-0.2, 0) is 13.1 Å². The van der Waals surface area contributed by atoms with Gasteiger partial charge in [-0.25, -0.2) is 14.8 Å². The molecule has 0 aliphatic carbocycles. The number of urea groups is 1. The molecule has 1 saturated heterocycles. The van der Waals surface area contributed by atoms with Gasteiger partial charge in [0.2, 0.25) is 0 Å². The minimum absolute atomic E-state index is 0.341. The van der Waals surface area contributed by atoms with Crippen molar-refractivity contribution in [3.8, 4) is 11.5 Å². The number of rotatable bonds is 8. The Hall–Kier alpha value is -3.85. The van der Waals surface area contributed by atoms with Crippen LogP contribution in [-0.4, -0.2) is 61.3 Å². The maximum atomic E-state index is 12.4. The van der Waals surface area contributed by atoms with Crippen LogP contribution < -0.4 is 25.0 Å². The molecular formula is C25H30N6O3. The maximum absolute atomic E-state index is 12.4. The van der Waals surface area contributed by atoms with Crippen LogP contribution in [0.3, 0.4) is 0 Å². The third-order valence-electron chi connectivity index (χ3n) is 5.74. The Balaban J connectivity index is 1.27. The van der Waals surface area contributed by atoms with Crippen molar-refractivity contribution in [1.29, 1.82) is 0 Å². The zero-order valence-corrected chi connectivity index (χ0v) is 19.5. The summed E-state index contributed by atoms with van der Waals surface area (Å²) in [4.78, 5) is 25.7. The summed E-state index contributed by atoms with van der Waals surface area (Å²) in [7, 11) is 3.17. The van der Waals surface area contributed by atoms with Gasteiger partial charge in [0.15, 0.2) is 11.5 Å². The minimum atomic E-state index is -0.341. The van der Waals surface area contributed by atoms with E-state index in [1.807, 2.05) is 30.3 Å². The highest BCUT2D eigenvalue weighted by molar-refractivity contribution is 5.88. The number of nitrogens with one attached hydrogen (secondary N) is 2. The first kappa shape index (κ1) is 23.3. The van der Waals surface area contributed by atoms with Crippen molar-refractivity contribution in [3.05, 3.63) is 72.1 Å². The average Bonchev–Trinajstić information content (AvgIpc) is 2.88. The lowest BCUT2D eigenvalue weighted by atomic mass is 10.2. The Morgan fingerprint density at radius 3 is 2.41 bits per heavy atom. The second kappa shape index (κ2) is 11.3. The molecule has 1 aromatic heterocycles. The van der Waals surface area contributed by atoms with E-state index >= 15 is 0 Å². The van der Waals surface area contributed by atoms with Gasteiger partial charge in [-0.15, -0.1) is 0 Å². The third-order valence-corrected chi connectivity index (χ3v) is 5.74. The van der Waals surface area contributed by atoms with Crippen molar-refractivity contribution in [1.82, 2.24) is 20.2 Å². The molecule has 9 nitrogen and oxygen atoms in total. The van der Waals surface area contributed by atoms with E-state index in [1.165, 1.54) is 11.9 Å². The summed E-state index contributed by atoms with van der Waals surface area (Å²) in [6.45, 7) is 4.93. The van der Waals surface area contributed by atoms with Gasteiger partial charge in [-0.1, -0.05) is 36.4 Å². The average molecular weight is 463 g/mol. The summed E-state index contributed by atoms with van der Waals surface area (Å²) >= 11 is 0. The topological polar surface area (TPSA) is 91.9 Å². The summed E-state index contributed by atoms with van der Waals surface area (Å²) < 4.78 is 10.6. The number of aromatic nitrogens is 2. The molecule has 4 rings (SSSR count). The van der Waals surface area contributed by atoms with Gasteiger partial charge in [-0.05, 0) is 23.3 Å². The Kier molecular flexibility index (Phi) is 7.77. The standard InChI is InChI=1S/C25H30N6O3/c1-33-21-9-8-20(14-22(21)34-2)16-26-25(32)29-23-15-24(28-18-27-23)31-12-10-30(11-13-31)17-19-6-4-3-5-7-19/h3-9,14-15,18H,10-13,16-17H2,1-2H3,(H2,26,27,28,29,32). The highest BCUT2D eigenvalue weighted by Crippen LogP contribution is 2.27. The highest BCUT2D eigenvalue weighted by atomic mass is 16.5. The molecule has 2 heterocycles. The summed E-state index contributed by atoms with van der Waals surface area (Å²) in [5.41, 5.74) is 2.22. The quantitative estimate of drug-likeness (QED) is 0.531. The lowest BCUT2D eigenvalue weighted by molar-refractivity contribution is 0.249. The fraction of sp³-hybridized carbons (Fsp3) is 0.320. The lowest BCUT2D eigenvalue weighted by Gasteiger charge is -2.35. The number of hydrogen-bond acceptors (Lipinski definition) is 7. The number of ether oxygens (including phenoxy) is 2. The fourth-order valence-corrected chi connectivity index (χ4v) is 3.90. The van der Waals surface area contributed by atoms with Crippen molar-refractivity contribution < 1.29 is 14.3 Å². The van der Waals surface area contributed by atoms with Gasteiger partial charge < -0.3 is 19.7 Å². The van der Waals surface area contributed by atoms with E-state index < -0.39 is 0 Å². The van der Waals surface area contributed by atoms with E-state index in [-0.39, 0.29) is 6.03 Å². The molecule has 1 aliphatic heterocycles. The molecule has 178 valence electrons. The van der Waals surface area contributed by atoms with Crippen LogP contribution in [0.1, 0.15) is 11.1 Å². The van der Waals surface area contributed by atoms with Gasteiger partial charge in [0.1, 0.15) is 18.0 Å². The van der Waals surface area contributed by atoms with Gasteiger partial charge in [0.05, 0.1) is 14.2 Å². The minimum Gasteiger partial charge on any atom is -0.493 e. The Morgan fingerprint density at radius 1 is 0.912 bits per heavy atom. The Bertz CT molecular complexity index is 1090. The smallest absolute Gasteiger partial charge is 0.320 e. The van der Waals surface area contributed by atoms with Crippen LogP contribution in [0.4, 0.5) is 16.4 Å². The molecule has 0 saturated carbocycles. The molecule has 0 spiro atoms. The molecule has 3 aromatic rings. The van der Waals surface area contributed by atoms with Gasteiger partial charge >= 0.3 is 6.03 Å². The first-order chi connectivity index (χ1) is 16.6. The number of anilines is 2. The second-order valence-electron chi connectivity index (χ2n) is 8.01. The largest absolute Gasteiger partial charge is 0.493 e. The fourth-order valence-electron chi connectivity index (χ4n) is 3.90. The van der Waals surface area contributed by atoms with Crippen molar-refractivity contribution in [2.45, 2.75) is 13.1 Å². The van der Waals surface area contributed by atoms with E-state index in [9.17, 15) is 4.79 Å². The van der Waals surface area contributed by atoms with Crippen molar-refractivity contribution in [2.75, 3.05) is 50.6 Å². The number of piperazine rings is 1. The first-order valence-electron chi connectivity index (χ1n) is 11.2. The van der Waals surface area contributed by atoms with E-state index in [1.54, 1.807) is 14.2 Å². The maximum Gasteiger partial charge on any atom is 0.320 e. The van der Waals surface area contributed by atoms with E-state index in [4.69, 9.17) is 9.47 Å². The lowest BCUT2D eigenvalue weighted by Crippen LogP contribution is -2.46. The predicted octanol–water partition coefficient (Wildman–Crippen LogP) is 3.14. The molecule has 1 aliphatic rings. The molecule has 0 radical (unpaired) electrons. The summed E-state index contributed by atoms with van der Waals surface area (Å²) in [6, 6.07) is 17.5. The number of nitrogens with zero attached hydrogens (tertiary/aromatic N) is 4. The second-order valence-corrected chi connectivity index (χ2v) is 8.01. The molecular weight excluding hydrogens is 432 g/mol. The van der Waals surface area contributed by atoms with Gasteiger partial charge in [-0.2, -0.15) is 0 Å². The number of hydrogen-bond donors (Lipinski definition) is 2. The van der Waals surface area contributed by atoms with Crippen LogP contribution >= 0.6 is 0 Å². The predicted molar refractivity (Wildman–Crippen MR) is 131 cm³/mol. The summed E-state index contributed by atoms with van der Waals surface area (Å²) in [5.74, 6) is 2.53. The number of carbonyl (C=O) groups excluding carboxylic acids is 1. The number of amides is 2. The third kappa shape index (κ3) is 6.14. The van der Waals surface area contributed by atoms with Crippen LogP contribution in [0.25, 0.3) is 0 Å². The van der Waals surface area contributed by atoms with Crippen molar-refractivity contribution >= 4 is 17.7 Å². The zero-order valence-electron chi connectivity index (χ0n) is 19.5. The number of carbonyl (C=O) groups is 1. The van der Waals surface area contributed by atoms with E-state index in [0.29, 0.717) is 23.9 Å². The van der Waals surface area contributed by atoms with E-state index in [0.717, 1.165) is 44.1 Å². The normalized spacial score (nSPS) is 13.9. The Labute approximate surface area is 199 Å². The van der Waals surface area contributed by atoms with Crippen LogP contribution in [0.15, 0.2) is 60.9 Å². The molecule has 2 amide bonds. The number of benzene rings is 2. The molecule has 0 bridgehead atoms. The molecule has 2 aromatic carbocycles. The monoisotopic (exact) mass is 462 g/mol.